The highest BCUT2D eigenvalue weighted by atomic mass is 16.5. The third-order valence-corrected chi connectivity index (χ3v) is 3.77. The monoisotopic (exact) mass is 234 g/mol. The van der Waals surface area contributed by atoms with Gasteiger partial charge in [0.1, 0.15) is 5.75 Å². The van der Waals surface area contributed by atoms with Crippen molar-refractivity contribution in [2.45, 2.75) is 18.9 Å². The number of methoxy groups -OCH3 is 1. The highest BCUT2D eigenvalue weighted by Gasteiger charge is 2.49. The van der Waals surface area contributed by atoms with E-state index in [-0.39, 0.29) is 0 Å². The maximum absolute atomic E-state index is 5.47. The van der Waals surface area contributed by atoms with Gasteiger partial charge in [0.15, 0.2) is 0 Å². The Bertz CT molecular complexity index is 374. The van der Waals surface area contributed by atoms with Crippen LogP contribution in [0.25, 0.3) is 0 Å². The van der Waals surface area contributed by atoms with Crippen molar-refractivity contribution in [2.24, 2.45) is 5.41 Å². The summed E-state index contributed by atoms with van der Waals surface area (Å²) in [6.45, 7) is 1.05. The lowest BCUT2D eigenvalue weighted by atomic mass is 9.89. The molecule has 0 spiro atoms. The molecule has 0 saturated heterocycles. The third-order valence-electron chi connectivity index (χ3n) is 3.77. The van der Waals surface area contributed by atoms with Gasteiger partial charge in [-0.1, -0.05) is 18.2 Å². The van der Waals surface area contributed by atoms with E-state index in [9.17, 15) is 0 Å². The van der Waals surface area contributed by atoms with E-state index in [1.807, 2.05) is 26.2 Å². The summed E-state index contributed by atoms with van der Waals surface area (Å²) in [5.41, 5.74) is 1.63. The Morgan fingerprint density at radius 2 is 2.00 bits per heavy atom. The molecular formula is C14H22N2O. The van der Waals surface area contributed by atoms with Gasteiger partial charge in [0, 0.05) is 23.6 Å². The fourth-order valence-electron chi connectivity index (χ4n) is 2.78. The second-order valence-corrected chi connectivity index (χ2v) is 4.86. The first-order chi connectivity index (χ1) is 8.27. The van der Waals surface area contributed by atoms with Gasteiger partial charge in [-0.05, 0) is 33.0 Å². The minimum absolute atomic E-state index is 0.359. The van der Waals surface area contributed by atoms with Gasteiger partial charge in [-0.2, -0.15) is 0 Å². The summed E-state index contributed by atoms with van der Waals surface area (Å²) in [6, 6.07) is 8.67. The number of nitrogens with one attached hydrogen (secondary N) is 2. The van der Waals surface area contributed by atoms with Crippen LogP contribution in [0.2, 0.25) is 0 Å². The lowest BCUT2D eigenvalue weighted by Crippen LogP contribution is -2.33. The molecule has 1 fully saturated rings. The van der Waals surface area contributed by atoms with Crippen molar-refractivity contribution in [3.8, 4) is 5.75 Å². The fraction of sp³-hybridized carbons (Fsp3) is 0.571. The van der Waals surface area contributed by atoms with Crippen LogP contribution in [0.15, 0.2) is 24.3 Å². The molecule has 0 aromatic heterocycles. The Labute approximate surface area is 104 Å². The summed E-state index contributed by atoms with van der Waals surface area (Å²) in [6.07, 6.45) is 2.55. The van der Waals surface area contributed by atoms with Crippen LogP contribution in [0.3, 0.4) is 0 Å². The number of ether oxygens (including phenoxy) is 1. The van der Waals surface area contributed by atoms with E-state index >= 15 is 0 Å². The van der Waals surface area contributed by atoms with E-state index in [4.69, 9.17) is 4.74 Å². The molecule has 17 heavy (non-hydrogen) atoms. The van der Waals surface area contributed by atoms with Gasteiger partial charge in [0.05, 0.1) is 7.11 Å². The topological polar surface area (TPSA) is 33.3 Å². The van der Waals surface area contributed by atoms with E-state index in [0.29, 0.717) is 11.5 Å². The SMILES string of the molecule is CNCC1(C(NC)c2ccccc2OC)CC1. The minimum atomic E-state index is 0.359. The molecule has 94 valence electrons. The number of rotatable bonds is 6. The zero-order chi connectivity index (χ0) is 12.3. The van der Waals surface area contributed by atoms with E-state index < -0.39 is 0 Å². The van der Waals surface area contributed by atoms with Crippen molar-refractivity contribution in [3.05, 3.63) is 29.8 Å². The third kappa shape index (κ3) is 2.31. The Morgan fingerprint density at radius 3 is 2.53 bits per heavy atom. The second-order valence-electron chi connectivity index (χ2n) is 4.86. The lowest BCUT2D eigenvalue weighted by Gasteiger charge is -2.28. The summed E-state index contributed by atoms with van der Waals surface area (Å²) < 4.78 is 5.47. The van der Waals surface area contributed by atoms with E-state index in [0.717, 1.165) is 12.3 Å². The average molecular weight is 234 g/mol. The van der Waals surface area contributed by atoms with Gasteiger partial charge in [-0.25, -0.2) is 0 Å². The van der Waals surface area contributed by atoms with Crippen LogP contribution in [0.1, 0.15) is 24.4 Å². The van der Waals surface area contributed by atoms with Gasteiger partial charge in [0.2, 0.25) is 0 Å². The molecule has 1 unspecified atom stereocenters. The molecule has 1 aromatic carbocycles. The summed E-state index contributed by atoms with van der Waals surface area (Å²) in [4.78, 5) is 0. The predicted molar refractivity (Wildman–Crippen MR) is 70.4 cm³/mol. The van der Waals surface area contributed by atoms with Crippen molar-refractivity contribution in [1.29, 1.82) is 0 Å². The number of para-hydroxylation sites is 1. The minimum Gasteiger partial charge on any atom is -0.496 e. The van der Waals surface area contributed by atoms with Crippen LogP contribution in [0, 0.1) is 5.41 Å². The molecule has 1 aliphatic carbocycles. The van der Waals surface area contributed by atoms with Gasteiger partial charge in [0.25, 0.3) is 0 Å². The van der Waals surface area contributed by atoms with Crippen LogP contribution in [0.5, 0.6) is 5.75 Å². The zero-order valence-corrected chi connectivity index (χ0v) is 10.9. The molecule has 1 aliphatic rings. The van der Waals surface area contributed by atoms with Crippen LogP contribution in [0.4, 0.5) is 0 Å². The molecule has 2 rings (SSSR count). The Hall–Kier alpha value is -1.06. The summed E-state index contributed by atoms with van der Waals surface area (Å²) in [5, 5.41) is 6.77. The Kier molecular flexibility index (Phi) is 3.69. The molecule has 1 saturated carbocycles. The van der Waals surface area contributed by atoms with Crippen molar-refractivity contribution in [1.82, 2.24) is 10.6 Å². The molecule has 1 aromatic rings. The van der Waals surface area contributed by atoms with Crippen molar-refractivity contribution in [2.75, 3.05) is 27.7 Å². The molecule has 0 aliphatic heterocycles. The Balaban J connectivity index is 2.29. The fourth-order valence-corrected chi connectivity index (χ4v) is 2.78. The molecule has 2 N–H and O–H groups in total. The molecule has 3 heteroatoms. The van der Waals surface area contributed by atoms with Crippen molar-refractivity contribution < 1.29 is 4.74 Å². The highest BCUT2D eigenvalue weighted by molar-refractivity contribution is 5.38. The molecule has 0 amide bonds. The summed E-state index contributed by atoms with van der Waals surface area (Å²) in [7, 11) is 5.80. The van der Waals surface area contributed by atoms with Gasteiger partial charge < -0.3 is 15.4 Å². The average Bonchev–Trinajstić information content (AvgIpc) is 3.12. The molecule has 0 bridgehead atoms. The van der Waals surface area contributed by atoms with E-state index in [1.165, 1.54) is 18.4 Å². The molecule has 1 atom stereocenters. The lowest BCUT2D eigenvalue weighted by molar-refractivity contribution is 0.329. The number of benzene rings is 1. The highest BCUT2D eigenvalue weighted by Crippen LogP contribution is 2.55. The van der Waals surface area contributed by atoms with Gasteiger partial charge in [-0.3, -0.25) is 0 Å². The normalized spacial score (nSPS) is 18.8. The number of hydrogen-bond donors (Lipinski definition) is 2. The summed E-state index contributed by atoms with van der Waals surface area (Å²) in [5.74, 6) is 0.981. The Morgan fingerprint density at radius 1 is 1.29 bits per heavy atom. The number of hydrogen-bond acceptors (Lipinski definition) is 3. The zero-order valence-electron chi connectivity index (χ0n) is 10.9. The molecule has 0 radical (unpaired) electrons. The molecule has 0 heterocycles. The maximum atomic E-state index is 5.47. The quantitative estimate of drug-likeness (QED) is 0.789. The van der Waals surface area contributed by atoms with E-state index in [1.54, 1.807) is 7.11 Å². The van der Waals surface area contributed by atoms with Crippen LogP contribution in [-0.2, 0) is 0 Å². The van der Waals surface area contributed by atoms with Crippen molar-refractivity contribution in [3.63, 3.8) is 0 Å². The first-order valence-electron chi connectivity index (χ1n) is 6.22. The largest absolute Gasteiger partial charge is 0.496 e. The van der Waals surface area contributed by atoms with Crippen LogP contribution >= 0.6 is 0 Å². The molecule has 3 nitrogen and oxygen atoms in total. The predicted octanol–water partition coefficient (Wildman–Crippen LogP) is 1.96. The maximum Gasteiger partial charge on any atom is 0.123 e. The van der Waals surface area contributed by atoms with Crippen molar-refractivity contribution >= 4 is 0 Å². The smallest absolute Gasteiger partial charge is 0.123 e. The standard InChI is InChI=1S/C14H22N2O/c1-15-10-14(8-9-14)13(16-2)11-6-4-5-7-12(11)17-3/h4-7,13,15-16H,8-10H2,1-3H3. The second kappa shape index (κ2) is 5.07. The van der Waals surface area contributed by atoms with Crippen LogP contribution in [-0.4, -0.2) is 27.7 Å². The van der Waals surface area contributed by atoms with Gasteiger partial charge in [-0.15, -0.1) is 0 Å². The first kappa shape index (κ1) is 12.4. The van der Waals surface area contributed by atoms with Gasteiger partial charge >= 0.3 is 0 Å². The van der Waals surface area contributed by atoms with Crippen LogP contribution < -0.4 is 15.4 Å². The molecular weight excluding hydrogens is 212 g/mol. The summed E-state index contributed by atoms with van der Waals surface area (Å²) >= 11 is 0. The van der Waals surface area contributed by atoms with E-state index in [2.05, 4.69) is 22.8 Å². The first-order valence-corrected chi connectivity index (χ1v) is 6.22.